The van der Waals surface area contributed by atoms with Crippen molar-refractivity contribution in [1.82, 2.24) is 20.8 Å². The number of nitrogens with zero attached hydrogens (tertiary/aromatic N) is 2. The summed E-state index contributed by atoms with van der Waals surface area (Å²) in [7, 11) is 0. The van der Waals surface area contributed by atoms with E-state index in [-0.39, 0.29) is 23.9 Å². The summed E-state index contributed by atoms with van der Waals surface area (Å²) in [5.41, 5.74) is 7.85. The molecule has 1 aliphatic rings. The number of ether oxygens (including phenoxy) is 1. The van der Waals surface area contributed by atoms with Gasteiger partial charge in [-0.25, -0.2) is 25.0 Å². The molecule has 11 heteroatoms. The second-order valence-electron chi connectivity index (χ2n) is 6.95. The van der Waals surface area contributed by atoms with E-state index in [9.17, 15) is 19.2 Å². The number of hydrogen-bond donors (Lipinski definition) is 4. The second kappa shape index (κ2) is 9.14. The molecule has 0 atom stereocenters. The minimum atomic E-state index is -1.75. The highest BCUT2D eigenvalue weighted by Crippen LogP contribution is 2.44. The van der Waals surface area contributed by atoms with Gasteiger partial charge < -0.3 is 15.2 Å². The van der Waals surface area contributed by atoms with Crippen molar-refractivity contribution >= 4 is 29.6 Å². The van der Waals surface area contributed by atoms with E-state index in [0.717, 1.165) is 34.8 Å². The molecule has 0 radical (unpaired) electrons. The van der Waals surface area contributed by atoms with Gasteiger partial charge in [0.15, 0.2) is 5.69 Å². The first-order chi connectivity index (χ1) is 16.0. The molecule has 0 unspecified atom stereocenters. The number of benzene rings is 2. The molecule has 0 fully saturated rings. The van der Waals surface area contributed by atoms with Gasteiger partial charge in [0.1, 0.15) is 12.9 Å². The Morgan fingerprint density at radius 2 is 1.58 bits per heavy atom. The number of hydrazine groups is 1. The van der Waals surface area contributed by atoms with E-state index in [1.54, 1.807) is 0 Å². The van der Waals surface area contributed by atoms with E-state index in [1.165, 1.54) is 0 Å². The average Bonchev–Trinajstić information content (AvgIpc) is 3.15. The van der Waals surface area contributed by atoms with Gasteiger partial charge in [-0.05, 0) is 22.3 Å². The molecule has 166 valence electrons. The molecule has 11 nitrogen and oxygen atoms in total. The van der Waals surface area contributed by atoms with Gasteiger partial charge in [-0.15, -0.1) is 0 Å². The Balaban J connectivity index is 1.37. The molecular weight excluding hydrogens is 430 g/mol. The first-order valence-electron chi connectivity index (χ1n) is 9.71. The Morgan fingerprint density at radius 1 is 0.939 bits per heavy atom. The Morgan fingerprint density at radius 3 is 2.21 bits per heavy atom. The Hall–Kier alpha value is -4.80. The van der Waals surface area contributed by atoms with Gasteiger partial charge in [0, 0.05) is 5.92 Å². The average molecular weight is 447 g/mol. The van der Waals surface area contributed by atoms with Gasteiger partial charge in [0.2, 0.25) is 0 Å². The number of hydrogen-bond acceptors (Lipinski definition) is 7. The molecule has 3 amide bonds. The lowest BCUT2D eigenvalue weighted by Gasteiger charge is -2.15. The van der Waals surface area contributed by atoms with Crippen molar-refractivity contribution in [2.45, 2.75) is 5.92 Å². The fourth-order valence-electron chi connectivity index (χ4n) is 3.58. The number of aliphatic carboxylic acids is 1. The van der Waals surface area contributed by atoms with E-state index in [0.29, 0.717) is 0 Å². The number of carbonyl (C=O) groups excluding carboxylic acids is 3. The number of anilines is 1. The lowest BCUT2D eigenvalue weighted by atomic mass is 9.98. The summed E-state index contributed by atoms with van der Waals surface area (Å²) >= 11 is 0. The van der Waals surface area contributed by atoms with Crippen molar-refractivity contribution in [1.29, 1.82) is 0 Å². The number of carbonyl (C=O) groups is 4. The van der Waals surface area contributed by atoms with Crippen LogP contribution in [-0.4, -0.2) is 45.6 Å². The molecule has 1 heterocycles. The third-order valence-electron chi connectivity index (χ3n) is 4.99. The Labute approximate surface area is 186 Å². The lowest BCUT2D eigenvalue weighted by Crippen LogP contribution is -2.43. The maximum Gasteiger partial charge on any atom is 0.426 e. The number of rotatable bonds is 4. The van der Waals surface area contributed by atoms with Crippen molar-refractivity contribution in [3.63, 3.8) is 0 Å². The lowest BCUT2D eigenvalue weighted by molar-refractivity contribution is -0.147. The maximum atomic E-state index is 12.3. The van der Waals surface area contributed by atoms with E-state index in [4.69, 9.17) is 9.84 Å². The molecule has 1 aliphatic carbocycles. The minimum absolute atomic E-state index is 0.0448. The molecule has 3 aromatic rings. The van der Waals surface area contributed by atoms with Gasteiger partial charge in [-0.3, -0.25) is 15.0 Å². The molecule has 0 spiro atoms. The SMILES string of the molecule is O=C(NNC(=O)c1ncncc1NC(=O)C(=O)O)OCC1c2ccccc2-c2ccccc21. The fourth-order valence-corrected chi connectivity index (χ4v) is 3.58. The van der Waals surface area contributed by atoms with Crippen molar-refractivity contribution in [2.24, 2.45) is 0 Å². The standard InChI is InChI=1S/C22H17N5O6/c28-19(18-17(9-23-11-24-18)25-20(29)21(30)31)26-27-22(32)33-10-16-14-7-3-1-5-12(14)13-6-2-4-8-15(13)16/h1-9,11,16H,10H2,(H,25,29)(H,26,28)(H,27,32)(H,30,31). The molecule has 0 saturated heterocycles. The zero-order valence-electron chi connectivity index (χ0n) is 16.9. The third-order valence-corrected chi connectivity index (χ3v) is 4.99. The molecule has 0 bridgehead atoms. The monoisotopic (exact) mass is 447 g/mol. The van der Waals surface area contributed by atoms with Crippen LogP contribution in [0.2, 0.25) is 0 Å². The molecule has 4 rings (SSSR count). The molecule has 1 aromatic heterocycles. The second-order valence-corrected chi connectivity index (χ2v) is 6.95. The van der Waals surface area contributed by atoms with Crippen LogP contribution in [0.1, 0.15) is 27.5 Å². The summed E-state index contributed by atoms with van der Waals surface area (Å²) < 4.78 is 5.31. The molecule has 2 aromatic carbocycles. The van der Waals surface area contributed by atoms with Gasteiger partial charge >= 0.3 is 18.0 Å². The molecule has 0 saturated carbocycles. The summed E-state index contributed by atoms with van der Waals surface area (Å²) in [5.74, 6) is -4.18. The first kappa shape index (κ1) is 21.4. The zero-order chi connectivity index (χ0) is 23.4. The largest absolute Gasteiger partial charge is 0.474 e. The van der Waals surface area contributed by atoms with Gasteiger partial charge in [0.05, 0.1) is 11.9 Å². The van der Waals surface area contributed by atoms with E-state index in [1.807, 2.05) is 53.8 Å². The smallest absolute Gasteiger partial charge is 0.426 e. The van der Waals surface area contributed by atoms with Crippen LogP contribution in [0.3, 0.4) is 0 Å². The van der Waals surface area contributed by atoms with Crippen LogP contribution in [0.4, 0.5) is 10.5 Å². The number of nitrogens with one attached hydrogen (secondary N) is 3. The number of fused-ring (bicyclic) bond motifs is 3. The maximum absolute atomic E-state index is 12.3. The van der Waals surface area contributed by atoms with E-state index in [2.05, 4.69) is 20.8 Å². The van der Waals surface area contributed by atoms with E-state index >= 15 is 0 Å². The van der Waals surface area contributed by atoms with Crippen molar-refractivity contribution in [2.75, 3.05) is 11.9 Å². The van der Waals surface area contributed by atoms with Crippen LogP contribution in [0.25, 0.3) is 11.1 Å². The van der Waals surface area contributed by atoms with Crippen molar-refractivity contribution < 1.29 is 29.0 Å². The summed E-state index contributed by atoms with van der Waals surface area (Å²) in [5, 5.41) is 10.7. The third kappa shape index (κ3) is 4.46. The highest BCUT2D eigenvalue weighted by Gasteiger charge is 2.29. The molecular formula is C22H17N5O6. The predicted octanol–water partition coefficient (Wildman–Crippen LogP) is 1.68. The van der Waals surface area contributed by atoms with Crippen LogP contribution in [-0.2, 0) is 14.3 Å². The quantitative estimate of drug-likeness (QED) is 0.347. The normalized spacial score (nSPS) is 11.6. The Kier molecular flexibility index (Phi) is 5.94. The van der Waals surface area contributed by atoms with Gasteiger partial charge in [-0.2, -0.15) is 0 Å². The Bertz CT molecular complexity index is 1220. The number of amides is 3. The van der Waals surface area contributed by atoms with E-state index < -0.39 is 23.9 Å². The van der Waals surface area contributed by atoms with Crippen LogP contribution in [0.15, 0.2) is 61.1 Å². The summed E-state index contributed by atoms with van der Waals surface area (Å²) in [6.45, 7) is 0.0448. The minimum Gasteiger partial charge on any atom is -0.474 e. The zero-order valence-corrected chi connectivity index (χ0v) is 16.9. The molecule has 0 aliphatic heterocycles. The van der Waals surface area contributed by atoms with Crippen LogP contribution >= 0.6 is 0 Å². The topological polar surface area (TPSA) is 160 Å². The van der Waals surface area contributed by atoms with Gasteiger partial charge in [0.25, 0.3) is 5.91 Å². The van der Waals surface area contributed by atoms with Crippen molar-refractivity contribution in [3.8, 4) is 11.1 Å². The number of carboxylic acids is 1. The van der Waals surface area contributed by atoms with Crippen molar-refractivity contribution in [3.05, 3.63) is 77.9 Å². The molecule has 33 heavy (non-hydrogen) atoms. The molecule has 4 N–H and O–H groups in total. The highest BCUT2D eigenvalue weighted by atomic mass is 16.6. The first-order valence-corrected chi connectivity index (χ1v) is 9.71. The summed E-state index contributed by atoms with van der Waals surface area (Å²) in [6.07, 6.45) is 1.17. The number of carboxylic acid groups (broad SMARTS) is 1. The van der Waals surface area contributed by atoms with Gasteiger partial charge in [-0.1, -0.05) is 48.5 Å². The fraction of sp³-hybridized carbons (Fsp3) is 0.0909. The predicted molar refractivity (Wildman–Crippen MR) is 114 cm³/mol. The summed E-state index contributed by atoms with van der Waals surface area (Å²) in [4.78, 5) is 53.9. The van der Waals surface area contributed by atoms with Crippen LogP contribution < -0.4 is 16.2 Å². The van der Waals surface area contributed by atoms with Crippen LogP contribution in [0, 0.1) is 0 Å². The summed E-state index contributed by atoms with van der Waals surface area (Å²) in [6, 6.07) is 15.7. The van der Waals surface area contributed by atoms with Crippen LogP contribution in [0.5, 0.6) is 0 Å². The number of aromatic nitrogens is 2. The highest BCUT2D eigenvalue weighted by molar-refractivity contribution is 6.36.